The van der Waals surface area contributed by atoms with Crippen molar-refractivity contribution < 1.29 is 28.2 Å². The number of anilines is 3. The lowest BCUT2D eigenvalue weighted by atomic mass is 9.85. The minimum Gasteiger partial charge on any atom is -0.494 e. The highest BCUT2D eigenvalue weighted by molar-refractivity contribution is 6.32. The number of hydrogen-bond donors (Lipinski definition) is 4. The molecule has 12 nitrogen and oxygen atoms in total. The standard InChI is InChI=1S/C37H43ClFN7O5/c1-21(40-5)34(47)45-32(37(2,3)4)36(49)46-14-8-11-29(46)35(48)44-28-17-25-27(18-31(28)50-6)41-20-42-33(25)43-24-12-13-30(26(38)16-24)51-19-22-9-7-10-23(39)15-22/h7,9-10,12-13,15-18,20-21,29,32,40H,8,11,14,19H2,1-6H3,(H,44,48)(H,45,47)(H,41,42,43)/t21-,29-,32+/m0/s1. The summed E-state index contributed by atoms with van der Waals surface area (Å²) in [6.45, 7) is 7.88. The van der Waals surface area contributed by atoms with Gasteiger partial charge in [-0.2, -0.15) is 0 Å². The number of hydrogen-bond acceptors (Lipinski definition) is 9. The van der Waals surface area contributed by atoms with E-state index in [2.05, 4.69) is 31.2 Å². The highest BCUT2D eigenvalue weighted by Crippen LogP contribution is 2.36. The number of nitrogens with zero attached hydrogens (tertiary/aromatic N) is 3. The third-order valence-corrected chi connectivity index (χ3v) is 9.05. The summed E-state index contributed by atoms with van der Waals surface area (Å²) in [5.74, 6) is -0.0941. The largest absolute Gasteiger partial charge is 0.494 e. The molecule has 51 heavy (non-hydrogen) atoms. The van der Waals surface area contributed by atoms with E-state index in [1.807, 2.05) is 20.8 Å². The molecule has 3 atom stereocenters. The number of carbonyl (C=O) groups excluding carboxylic acids is 3. The van der Waals surface area contributed by atoms with E-state index >= 15 is 0 Å². The van der Waals surface area contributed by atoms with Crippen LogP contribution < -0.4 is 30.7 Å². The molecular weight excluding hydrogens is 677 g/mol. The van der Waals surface area contributed by atoms with Gasteiger partial charge < -0.3 is 35.6 Å². The van der Waals surface area contributed by atoms with Crippen LogP contribution in [0.3, 0.4) is 0 Å². The number of ether oxygens (including phenoxy) is 2. The third kappa shape index (κ3) is 8.84. The maximum absolute atomic E-state index is 13.9. The van der Waals surface area contributed by atoms with E-state index in [9.17, 15) is 18.8 Å². The Labute approximate surface area is 301 Å². The van der Waals surface area contributed by atoms with Gasteiger partial charge in [0.05, 0.1) is 29.4 Å². The fraction of sp³-hybridized carbons (Fsp3) is 0.378. The van der Waals surface area contributed by atoms with E-state index in [0.29, 0.717) is 69.6 Å². The van der Waals surface area contributed by atoms with Crippen LogP contribution >= 0.6 is 11.6 Å². The third-order valence-electron chi connectivity index (χ3n) is 8.76. The molecule has 1 fully saturated rings. The second-order valence-corrected chi connectivity index (χ2v) is 13.9. The Morgan fingerprint density at radius 1 is 1.08 bits per heavy atom. The van der Waals surface area contributed by atoms with Gasteiger partial charge in [0, 0.05) is 23.7 Å². The molecule has 1 saturated heterocycles. The summed E-state index contributed by atoms with van der Waals surface area (Å²) in [4.78, 5) is 50.9. The Bertz CT molecular complexity index is 1920. The number of benzene rings is 3. The molecule has 3 amide bonds. The molecule has 1 aliphatic heterocycles. The Morgan fingerprint density at radius 3 is 2.55 bits per heavy atom. The van der Waals surface area contributed by atoms with Crippen LogP contribution in [0.2, 0.25) is 5.02 Å². The van der Waals surface area contributed by atoms with Crippen LogP contribution in [0.1, 0.15) is 46.1 Å². The number of fused-ring (bicyclic) bond motifs is 1. The normalized spacial score (nSPS) is 15.6. The van der Waals surface area contributed by atoms with Gasteiger partial charge in [-0.3, -0.25) is 14.4 Å². The lowest BCUT2D eigenvalue weighted by molar-refractivity contribution is -0.143. The Hall–Kier alpha value is -5.01. The van der Waals surface area contributed by atoms with Gasteiger partial charge in [-0.25, -0.2) is 14.4 Å². The summed E-state index contributed by atoms with van der Waals surface area (Å²) in [7, 11) is 3.17. The summed E-state index contributed by atoms with van der Waals surface area (Å²) >= 11 is 6.53. The summed E-state index contributed by atoms with van der Waals surface area (Å²) in [5.41, 5.74) is 1.61. The molecule has 4 aromatic rings. The first-order valence-corrected chi connectivity index (χ1v) is 17.0. The fourth-order valence-electron chi connectivity index (χ4n) is 5.80. The second kappa shape index (κ2) is 15.9. The van der Waals surface area contributed by atoms with E-state index in [0.717, 1.165) is 0 Å². The molecule has 4 N–H and O–H groups in total. The van der Waals surface area contributed by atoms with Gasteiger partial charge in [-0.05, 0) is 74.2 Å². The van der Waals surface area contributed by atoms with Crippen molar-refractivity contribution in [3.8, 4) is 11.5 Å². The van der Waals surface area contributed by atoms with E-state index in [-0.39, 0.29) is 30.1 Å². The Balaban J connectivity index is 1.35. The summed E-state index contributed by atoms with van der Waals surface area (Å²) in [6, 6.07) is 12.6. The number of likely N-dealkylation sites (N-methyl/N-ethyl adjacent to an activating group) is 1. The SMILES string of the molecule is CN[C@@H](C)C(=O)N[C@H](C(=O)N1CCC[C@H]1C(=O)Nc1cc2c(Nc3ccc(OCc4cccc(F)c4)c(Cl)c3)ncnc2cc1OC)C(C)(C)C. The topological polar surface area (TPSA) is 147 Å². The van der Waals surface area contributed by atoms with Crippen molar-refractivity contribution in [3.05, 3.63) is 77.3 Å². The van der Waals surface area contributed by atoms with Gasteiger partial charge in [-0.15, -0.1) is 0 Å². The van der Waals surface area contributed by atoms with Gasteiger partial charge in [0.1, 0.15) is 48.2 Å². The monoisotopic (exact) mass is 719 g/mol. The van der Waals surface area contributed by atoms with Gasteiger partial charge >= 0.3 is 0 Å². The van der Waals surface area contributed by atoms with Crippen molar-refractivity contribution in [2.45, 2.75) is 65.3 Å². The summed E-state index contributed by atoms with van der Waals surface area (Å²) < 4.78 is 25.0. The lowest BCUT2D eigenvalue weighted by Gasteiger charge is -2.36. The van der Waals surface area contributed by atoms with Crippen molar-refractivity contribution in [1.29, 1.82) is 0 Å². The number of nitrogens with one attached hydrogen (secondary N) is 4. The highest BCUT2D eigenvalue weighted by Gasteiger charge is 2.42. The first-order valence-electron chi connectivity index (χ1n) is 16.6. The summed E-state index contributed by atoms with van der Waals surface area (Å²) in [6.07, 6.45) is 2.50. The average Bonchev–Trinajstić information content (AvgIpc) is 3.59. The number of methoxy groups -OCH3 is 1. The van der Waals surface area contributed by atoms with Crippen LogP contribution in [-0.4, -0.2) is 71.4 Å². The molecule has 3 aromatic carbocycles. The maximum Gasteiger partial charge on any atom is 0.247 e. The Kier molecular flexibility index (Phi) is 11.6. The van der Waals surface area contributed by atoms with Crippen molar-refractivity contribution in [1.82, 2.24) is 25.5 Å². The zero-order valence-electron chi connectivity index (χ0n) is 29.5. The van der Waals surface area contributed by atoms with Crippen molar-refractivity contribution in [2.75, 3.05) is 31.3 Å². The molecule has 2 heterocycles. The predicted molar refractivity (Wildman–Crippen MR) is 195 cm³/mol. The molecule has 0 radical (unpaired) electrons. The minimum absolute atomic E-state index is 0.146. The van der Waals surface area contributed by atoms with E-state index in [4.69, 9.17) is 21.1 Å². The van der Waals surface area contributed by atoms with E-state index in [1.54, 1.807) is 61.3 Å². The van der Waals surface area contributed by atoms with E-state index in [1.165, 1.54) is 25.6 Å². The number of likely N-dealkylation sites (tertiary alicyclic amines) is 1. The van der Waals surface area contributed by atoms with Crippen LogP contribution in [0.5, 0.6) is 11.5 Å². The van der Waals surface area contributed by atoms with Crippen LogP contribution in [0.4, 0.5) is 21.6 Å². The number of aromatic nitrogens is 2. The zero-order chi connectivity index (χ0) is 36.9. The molecule has 0 unspecified atom stereocenters. The average molecular weight is 720 g/mol. The smallest absolute Gasteiger partial charge is 0.247 e. The highest BCUT2D eigenvalue weighted by atomic mass is 35.5. The molecule has 0 aliphatic carbocycles. The maximum atomic E-state index is 13.9. The number of halogens is 2. The first-order chi connectivity index (χ1) is 24.3. The van der Waals surface area contributed by atoms with Crippen LogP contribution in [0, 0.1) is 11.2 Å². The molecule has 1 aromatic heterocycles. The van der Waals surface area contributed by atoms with Crippen molar-refractivity contribution in [2.24, 2.45) is 5.41 Å². The molecular formula is C37H43ClFN7O5. The number of rotatable bonds is 12. The molecule has 1 aliphatic rings. The number of carbonyl (C=O) groups is 3. The van der Waals surface area contributed by atoms with Crippen LogP contribution in [0.25, 0.3) is 10.9 Å². The first kappa shape index (κ1) is 37.3. The van der Waals surface area contributed by atoms with E-state index < -0.39 is 23.5 Å². The van der Waals surface area contributed by atoms with Gasteiger partial charge in [0.15, 0.2) is 0 Å². The Morgan fingerprint density at radius 2 is 1.86 bits per heavy atom. The van der Waals surface area contributed by atoms with Gasteiger partial charge in [0.2, 0.25) is 17.7 Å². The zero-order valence-corrected chi connectivity index (χ0v) is 30.2. The van der Waals surface area contributed by atoms with Crippen LogP contribution in [0.15, 0.2) is 60.9 Å². The molecule has 0 saturated carbocycles. The predicted octanol–water partition coefficient (Wildman–Crippen LogP) is 5.82. The second-order valence-electron chi connectivity index (χ2n) is 13.5. The van der Waals surface area contributed by atoms with Crippen molar-refractivity contribution >= 4 is 57.4 Å². The minimum atomic E-state index is -0.835. The van der Waals surface area contributed by atoms with Gasteiger partial charge in [0.25, 0.3) is 0 Å². The molecule has 0 bridgehead atoms. The molecule has 0 spiro atoms. The molecule has 14 heteroatoms. The lowest BCUT2D eigenvalue weighted by Crippen LogP contribution is -2.59. The van der Waals surface area contributed by atoms with Gasteiger partial charge in [-0.1, -0.05) is 44.5 Å². The fourth-order valence-corrected chi connectivity index (χ4v) is 6.04. The number of amides is 3. The summed E-state index contributed by atoms with van der Waals surface area (Å²) in [5, 5.41) is 12.9. The van der Waals surface area contributed by atoms with Crippen LogP contribution in [-0.2, 0) is 21.0 Å². The molecule has 5 rings (SSSR count). The van der Waals surface area contributed by atoms with Crippen molar-refractivity contribution in [3.63, 3.8) is 0 Å². The molecule has 270 valence electrons. The quantitative estimate of drug-likeness (QED) is 0.142.